The molecule has 0 aromatic heterocycles. The first-order valence-corrected chi connectivity index (χ1v) is 4.58. The molecule has 0 spiro atoms. The van der Waals surface area contributed by atoms with Crippen molar-refractivity contribution in [3.63, 3.8) is 0 Å². The summed E-state index contributed by atoms with van der Waals surface area (Å²) in [6.07, 6.45) is 4.59. The van der Waals surface area contributed by atoms with Crippen LogP contribution in [0.15, 0.2) is 18.2 Å². The molecular formula is C12H17. The molecule has 0 heteroatoms. The van der Waals surface area contributed by atoms with E-state index in [0.29, 0.717) is 0 Å². The molecule has 0 aliphatic rings. The van der Waals surface area contributed by atoms with E-state index in [2.05, 4.69) is 45.4 Å². The highest BCUT2D eigenvalue weighted by Crippen LogP contribution is 2.12. The van der Waals surface area contributed by atoms with Gasteiger partial charge in [-0.15, -0.1) is 0 Å². The molecule has 1 aromatic carbocycles. The highest BCUT2D eigenvalue weighted by atomic mass is 14.0. The molecule has 0 aliphatic heterocycles. The van der Waals surface area contributed by atoms with Gasteiger partial charge in [0.2, 0.25) is 0 Å². The van der Waals surface area contributed by atoms with Gasteiger partial charge in [-0.05, 0) is 44.2 Å². The first kappa shape index (κ1) is 9.31. The minimum absolute atomic E-state index is 1.18. The van der Waals surface area contributed by atoms with E-state index in [1.54, 1.807) is 0 Å². The van der Waals surface area contributed by atoms with Crippen molar-refractivity contribution in [2.45, 2.75) is 33.6 Å². The molecule has 12 heavy (non-hydrogen) atoms. The Morgan fingerprint density at radius 2 is 2.00 bits per heavy atom. The van der Waals surface area contributed by atoms with Crippen LogP contribution < -0.4 is 0 Å². The van der Waals surface area contributed by atoms with E-state index >= 15 is 0 Å². The van der Waals surface area contributed by atoms with E-state index in [0.717, 1.165) is 0 Å². The SMILES string of the molecule is C[CH]CCc1ccc(C)cc1C. The van der Waals surface area contributed by atoms with Gasteiger partial charge in [0.05, 0.1) is 0 Å². The van der Waals surface area contributed by atoms with E-state index in [9.17, 15) is 0 Å². The van der Waals surface area contributed by atoms with Gasteiger partial charge in [0.1, 0.15) is 0 Å². The minimum atomic E-state index is 1.18. The van der Waals surface area contributed by atoms with Crippen molar-refractivity contribution < 1.29 is 0 Å². The van der Waals surface area contributed by atoms with Gasteiger partial charge in [0, 0.05) is 0 Å². The lowest BCUT2D eigenvalue weighted by molar-refractivity contribution is 0.926. The van der Waals surface area contributed by atoms with Gasteiger partial charge in [-0.3, -0.25) is 0 Å². The summed E-state index contributed by atoms with van der Waals surface area (Å²) in [5.41, 5.74) is 4.27. The van der Waals surface area contributed by atoms with E-state index in [4.69, 9.17) is 0 Å². The first-order valence-electron chi connectivity index (χ1n) is 4.58. The van der Waals surface area contributed by atoms with Crippen molar-refractivity contribution in [3.8, 4) is 0 Å². The largest absolute Gasteiger partial charge is 0.0622 e. The van der Waals surface area contributed by atoms with Crippen LogP contribution in [-0.2, 0) is 6.42 Å². The number of unbranched alkanes of at least 4 members (excludes halogenated alkanes) is 1. The zero-order valence-corrected chi connectivity index (χ0v) is 8.22. The normalized spacial score (nSPS) is 10.2. The highest BCUT2D eigenvalue weighted by molar-refractivity contribution is 5.30. The maximum atomic E-state index is 2.25. The van der Waals surface area contributed by atoms with Gasteiger partial charge in [-0.25, -0.2) is 0 Å². The number of aryl methyl sites for hydroxylation is 3. The lowest BCUT2D eigenvalue weighted by Crippen LogP contribution is -1.89. The average Bonchev–Trinajstić information content (AvgIpc) is 2.03. The van der Waals surface area contributed by atoms with Crippen molar-refractivity contribution in [3.05, 3.63) is 41.3 Å². The van der Waals surface area contributed by atoms with Gasteiger partial charge in [0.15, 0.2) is 0 Å². The predicted molar refractivity (Wildman–Crippen MR) is 54.2 cm³/mol. The molecule has 0 N–H and O–H groups in total. The summed E-state index contributed by atoms with van der Waals surface area (Å²) in [5, 5.41) is 0. The third-order valence-electron chi connectivity index (χ3n) is 2.20. The molecule has 0 fully saturated rings. The molecule has 65 valence electrons. The maximum Gasteiger partial charge on any atom is -0.0274 e. The molecule has 1 aromatic rings. The third kappa shape index (κ3) is 2.37. The molecule has 0 saturated heterocycles. The number of hydrogen-bond acceptors (Lipinski definition) is 0. The summed E-state index contributed by atoms with van der Waals surface area (Å²) in [6, 6.07) is 6.69. The van der Waals surface area contributed by atoms with Crippen molar-refractivity contribution in [2.24, 2.45) is 0 Å². The fraction of sp³-hybridized carbons (Fsp3) is 0.417. The predicted octanol–water partition coefficient (Wildman–Crippen LogP) is 3.46. The summed E-state index contributed by atoms with van der Waals surface area (Å²) in [6.45, 7) is 6.45. The Hall–Kier alpha value is -0.780. The van der Waals surface area contributed by atoms with Crippen molar-refractivity contribution in [2.75, 3.05) is 0 Å². The minimum Gasteiger partial charge on any atom is -0.0622 e. The summed E-state index contributed by atoms with van der Waals surface area (Å²) in [7, 11) is 0. The molecule has 0 bridgehead atoms. The molecule has 0 heterocycles. The van der Waals surface area contributed by atoms with E-state index in [1.165, 1.54) is 29.5 Å². The monoisotopic (exact) mass is 161 g/mol. The quantitative estimate of drug-likeness (QED) is 0.637. The number of rotatable bonds is 3. The Bertz CT molecular complexity index is 248. The van der Waals surface area contributed by atoms with Crippen LogP contribution in [0.3, 0.4) is 0 Å². The summed E-state index contributed by atoms with van der Waals surface area (Å²) >= 11 is 0. The summed E-state index contributed by atoms with van der Waals surface area (Å²) in [5.74, 6) is 0. The van der Waals surface area contributed by atoms with Crippen molar-refractivity contribution in [1.82, 2.24) is 0 Å². The lowest BCUT2D eigenvalue weighted by atomic mass is 10.0. The van der Waals surface area contributed by atoms with Crippen LogP contribution in [0, 0.1) is 20.3 Å². The van der Waals surface area contributed by atoms with Crippen LogP contribution >= 0.6 is 0 Å². The molecule has 0 amide bonds. The molecular weight excluding hydrogens is 144 g/mol. The smallest absolute Gasteiger partial charge is 0.0274 e. The Labute approximate surface area is 75.6 Å². The molecule has 1 radical (unpaired) electrons. The molecule has 0 saturated carbocycles. The maximum absolute atomic E-state index is 2.25. The van der Waals surface area contributed by atoms with E-state index < -0.39 is 0 Å². The second-order valence-corrected chi connectivity index (χ2v) is 3.38. The topological polar surface area (TPSA) is 0 Å². The van der Waals surface area contributed by atoms with Crippen molar-refractivity contribution in [1.29, 1.82) is 0 Å². The zero-order chi connectivity index (χ0) is 8.97. The van der Waals surface area contributed by atoms with E-state index in [-0.39, 0.29) is 0 Å². The van der Waals surface area contributed by atoms with Crippen LogP contribution in [0.4, 0.5) is 0 Å². The summed E-state index contributed by atoms with van der Waals surface area (Å²) in [4.78, 5) is 0. The molecule has 0 atom stereocenters. The van der Waals surface area contributed by atoms with Crippen LogP contribution in [0.5, 0.6) is 0 Å². The Balaban J connectivity index is 2.72. The average molecular weight is 161 g/mol. The number of benzene rings is 1. The summed E-state index contributed by atoms with van der Waals surface area (Å²) < 4.78 is 0. The Kier molecular flexibility index (Phi) is 3.33. The highest BCUT2D eigenvalue weighted by Gasteiger charge is 1.96. The van der Waals surface area contributed by atoms with Gasteiger partial charge in [-0.2, -0.15) is 0 Å². The van der Waals surface area contributed by atoms with Gasteiger partial charge >= 0.3 is 0 Å². The van der Waals surface area contributed by atoms with Gasteiger partial charge in [0.25, 0.3) is 0 Å². The second kappa shape index (κ2) is 4.30. The second-order valence-electron chi connectivity index (χ2n) is 3.38. The number of hydrogen-bond donors (Lipinski definition) is 0. The molecule has 1 rings (SSSR count). The molecule has 0 nitrogen and oxygen atoms in total. The van der Waals surface area contributed by atoms with Crippen LogP contribution in [0.1, 0.15) is 30.0 Å². The Morgan fingerprint density at radius 1 is 1.25 bits per heavy atom. The Morgan fingerprint density at radius 3 is 2.58 bits per heavy atom. The van der Waals surface area contributed by atoms with Gasteiger partial charge < -0.3 is 0 Å². The third-order valence-corrected chi connectivity index (χ3v) is 2.20. The van der Waals surface area contributed by atoms with Crippen LogP contribution in [0.25, 0.3) is 0 Å². The standard InChI is InChI=1S/C12H17/c1-4-5-6-12-8-7-10(2)9-11(12)3/h4,7-9H,5-6H2,1-3H3. The molecule has 0 aliphatic carbocycles. The lowest BCUT2D eigenvalue weighted by Gasteiger charge is -2.05. The fourth-order valence-electron chi connectivity index (χ4n) is 1.43. The molecule has 0 unspecified atom stereocenters. The first-order chi connectivity index (χ1) is 5.74. The van der Waals surface area contributed by atoms with E-state index in [1.807, 2.05) is 0 Å². The van der Waals surface area contributed by atoms with Crippen molar-refractivity contribution >= 4 is 0 Å². The zero-order valence-electron chi connectivity index (χ0n) is 8.22. The van der Waals surface area contributed by atoms with Gasteiger partial charge in [-0.1, -0.05) is 30.7 Å². The van der Waals surface area contributed by atoms with Crippen LogP contribution in [0.2, 0.25) is 0 Å². The fourth-order valence-corrected chi connectivity index (χ4v) is 1.43. The van der Waals surface area contributed by atoms with Crippen LogP contribution in [-0.4, -0.2) is 0 Å².